The number of benzene rings is 6. The lowest BCUT2D eigenvalue weighted by Gasteiger charge is -2.38. The number of rotatable bonds is 23. The van der Waals surface area contributed by atoms with E-state index in [0.29, 0.717) is 71.6 Å². The number of primary amides is 1. The van der Waals surface area contributed by atoms with Crippen LogP contribution >= 0.6 is 78.1 Å². The number of carbonyl (C=O) groups excluding carboxylic acids is 3. The van der Waals surface area contributed by atoms with Crippen molar-refractivity contribution in [1.82, 2.24) is 28.1 Å². The summed E-state index contributed by atoms with van der Waals surface area (Å²) in [5, 5.41) is 17.8. The molecule has 3 heterocycles. The van der Waals surface area contributed by atoms with Crippen molar-refractivity contribution < 1.29 is 39.5 Å². The maximum Gasteiger partial charge on any atom is 0.338 e. The molecule has 6 aromatic carbocycles. The van der Waals surface area contributed by atoms with Gasteiger partial charge in [-0.05, 0) is 199 Å². The van der Waals surface area contributed by atoms with Crippen LogP contribution in [0.2, 0.25) is 4.47 Å². The Hall–Kier alpha value is -8.14. The topological polar surface area (TPSA) is 270 Å². The Morgan fingerprint density at radius 2 is 0.898 bits per heavy atom. The SMILES string of the molecule is C.C.CC(C)CN(c1ccc(-c2ccccc2C(=O)O)cc1Nc1nc(C(N)=O)ns1)C1CCCCC1.COC(=O)c1ccccc1-c1ccc(N(CC(C)C)C2CCCCC2)c(N)c1.COC(=O)c1ccccc1-c1ccc(N(CC(C)C)C2CCCCC2)c(Nc2nc(Br)ns2)c1.Clc1nc(Br)ns1.[2H]CF. The van der Waals surface area contributed by atoms with Crippen molar-refractivity contribution in [1.29, 1.82) is 0 Å². The summed E-state index contributed by atoms with van der Waals surface area (Å²) in [4.78, 5) is 67.9. The minimum Gasteiger partial charge on any atom is -0.478 e. The van der Waals surface area contributed by atoms with Crippen molar-refractivity contribution in [3.63, 3.8) is 0 Å². The molecule has 12 rings (SSSR count). The third-order valence-corrected chi connectivity index (χ3v) is 21.6. The fraction of sp³-hybridized carbons (Fsp3) is 0.432. The summed E-state index contributed by atoms with van der Waals surface area (Å²) in [5.41, 5.74) is 24.1. The van der Waals surface area contributed by atoms with Crippen LogP contribution in [0, 0.1) is 17.8 Å². The minimum atomic E-state index is -1.00. The van der Waals surface area contributed by atoms with Crippen LogP contribution in [0.1, 0.15) is 196 Å². The highest BCUT2D eigenvalue weighted by Gasteiger charge is 2.29. The van der Waals surface area contributed by atoms with Gasteiger partial charge in [0.15, 0.2) is 0 Å². The molecule has 0 aliphatic heterocycles. The molecule has 20 nitrogen and oxygen atoms in total. The highest BCUT2D eigenvalue weighted by atomic mass is 79.9. The molecule has 0 bridgehead atoms. The zero-order valence-electron chi connectivity index (χ0n) is 62.3. The highest BCUT2D eigenvalue weighted by molar-refractivity contribution is 9.10. The molecule has 0 atom stereocenters. The van der Waals surface area contributed by atoms with E-state index in [2.05, 4.69) is 163 Å². The normalized spacial score (nSPS) is 13.7. The summed E-state index contributed by atoms with van der Waals surface area (Å²) in [6.07, 6.45) is 18.7. The number of carboxylic acid groups (broad SMARTS) is 1. The van der Waals surface area contributed by atoms with Crippen molar-refractivity contribution in [2.45, 2.75) is 171 Å². The summed E-state index contributed by atoms with van der Waals surface area (Å²) >= 11 is 15.3. The molecule has 3 fully saturated rings. The molecular formula is C81H105Br2ClFN13O7S3. The molecule has 3 aromatic heterocycles. The molecule has 1 amide bonds. The molecule has 27 heteroatoms. The second-order valence-electron chi connectivity index (χ2n) is 27.4. The van der Waals surface area contributed by atoms with Crippen LogP contribution in [0.5, 0.6) is 0 Å². The summed E-state index contributed by atoms with van der Waals surface area (Å²) < 4.78 is 39.1. The number of hydrogen-bond acceptors (Lipinski definition) is 21. The number of ether oxygens (including phenoxy) is 2. The van der Waals surface area contributed by atoms with E-state index in [1.807, 2.05) is 66.7 Å². The first kappa shape index (κ1) is 87.1. The van der Waals surface area contributed by atoms with Gasteiger partial charge in [0.2, 0.25) is 30.0 Å². The standard InChI is InChI=1S/C26H31BrN4O2S.C26H31N5O3S.C24H32N2O2.C2BrClN2S.CH3F.2CH4/c1-17(2)16-31(19-9-5-4-6-10-19)23-14-13-18(15-22(23)28-26-29-25(27)30-34-26)20-11-7-8-12-21(20)24(32)33-3;1-16(2)15-31(18-8-4-3-5-9-18)22-13-12-17(19-10-6-7-11-20(19)25(33)34)14-21(22)28-26-29-24(23(27)32)30-35-26;1-17(2)16-26(19-9-5-4-6-10-19)23-14-13-18(15-22(23)25)20-11-7-8-12-21(20)24(27)28-3;3-1-5-2(4)7-6-1;1-2;;/h7-8,11-15,17,19H,4-6,9-10,16H2,1-3H3,(H,28,29,30);6-7,10-14,16,18H,3-5,8-9,15H2,1-2H3,(H2,27,32)(H,33,34)(H,28,29,30);7-8,11-15,17,19H,4-6,9-10,16,25H2,1-3H3;;1H3;2*1H4/i;;;;1D;;. The quantitative estimate of drug-likeness (QED) is 0.0294. The molecule has 582 valence electrons. The summed E-state index contributed by atoms with van der Waals surface area (Å²) in [6, 6.07) is 42.1. The maximum absolute atomic E-state index is 12.4. The molecule has 0 unspecified atom stereocenters. The molecule has 0 saturated heterocycles. The van der Waals surface area contributed by atoms with E-state index >= 15 is 0 Å². The van der Waals surface area contributed by atoms with Gasteiger partial charge in [-0.2, -0.15) is 28.1 Å². The number of methoxy groups -OCH3 is 2. The van der Waals surface area contributed by atoms with E-state index in [1.54, 1.807) is 24.3 Å². The van der Waals surface area contributed by atoms with E-state index in [-0.39, 0.29) is 38.2 Å². The van der Waals surface area contributed by atoms with Gasteiger partial charge in [-0.3, -0.25) is 9.18 Å². The van der Waals surface area contributed by atoms with Crippen molar-refractivity contribution in [3.05, 3.63) is 164 Å². The first-order valence-electron chi connectivity index (χ1n) is 36.5. The van der Waals surface area contributed by atoms with Gasteiger partial charge in [0.05, 0.1) is 73.6 Å². The monoisotopic (exact) mass is 1680 g/mol. The number of nitrogens with zero attached hydrogens (tertiary/aromatic N) is 9. The predicted molar refractivity (Wildman–Crippen MR) is 453 cm³/mol. The van der Waals surface area contributed by atoms with Crippen molar-refractivity contribution in [2.75, 3.05) is 72.1 Å². The van der Waals surface area contributed by atoms with Gasteiger partial charge in [-0.1, -0.05) is 187 Å². The number of halogens is 4. The summed E-state index contributed by atoms with van der Waals surface area (Å²) in [6.45, 7) is 16.4. The number of aromatic nitrogens is 6. The van der Waals surface area contributed by atoms with E-state index in [9.17, 15) is 28.7 Å². The summed E-state index contributed by atoms with van der Waals surface area (Å²) in [7, 11) is 1.82. The lowest BCUT2D eigenvalue weighted by Crippen LogP contribution is -2.39. The number of aromatic carboxylic acids is 1. The fourth-order valence-corrected chi connectivity index (χ4v) is 16.5. The number of carboxylic acids is 1. The van der Waals surface area contributed by atoms with E-state index < -0.39 is 19.0 Å². The van der Waals surface area contributed by atoms with E-state index in [1.165, 1.54) is 109 Å². The Morgan fingerprint density at radius 3 is 1.23 bits per heavy atom. The Morgan fingerprint density at radius 1 is 0.546 bits per heavy atom. The number of anilines is 8. The predicted octanol–water partition coefficient (Wildman–Crippen LogP) is 22.2. The average molecular weight is 1680 g/mol. The van der Waals surface area contributed by atoms with E-state index in [4.69, 9.17) is 33.9 Å². The first-order valence-corrected chi connectivity index (χ1v) is 40.1. The smallest absolute Gasteiger partial charge is 0.338 e. The minimum absolute atomic E-state index is 0. The molecule has 9 aromatic rings. The number of amides is 1. The number of alkyl halides is 1. The van der Waals surface area contributed by atoms with Gasteiger partial charge in [0, 0.05) is 60.8 Å². The molecule has 3 saturated carbocycles. The van der Waals surface area contributed by atoms with Crippen LogP contribution in [-0.2, 0) is 9.47 Å². The fourth-order valence-electron chi connectivity index (χ4n) is 13.8. The van der Waals surface area contributed by atoms with Crippen LogP contribution in [0.4, 0.5) is 48.8 Å². The summed E-state index contributed by atoms with van der Waals surface area (Å²) in [5.74, 6) is -0.794. The molecule has 3 aliphatic carbocycles. The van der Waals surface area contributed by atoms with Gasteiger partial charge < -0.3 is 51.4 Å². The third-order valence-electron chi connectivity index (χ3n) is 18.3. The Labute approximate surface area is 672 Å². The van der Waals surface area contributed by atoms with Crippen LogP contribution in [-0.4, -0.2) is 116 Å². The second kappa shape index (κ2) is 44.5. The number of nitrogens with two attached hydrogens (primary N) is 2. The van der Waals surface area contributed by atoms with Gasteiger partial charge in [0.1, 0.15) is 0 Å². The Kier molecular flexibility index (Phi) is 35.9. The largest absolute Gasteiger partial charge is 0.478 e. The van der Waals surface area contributed by atoms with E-state index in [0.717, 1.165) is 123 Å². The zero-order valence-corrected chi connectivity index (χ0v) is 67.7. The third kappa shape index (κ3) is 25.2. The van der Waals surface area contributed by atoms with Crippen LogP contribution in [0.3, 0.4) is 0 Å². The lowest BCUT2D eigenvalue weighted by atomic mass is 9.92. The van der Waals surface area contributed by atoms with Gasteiger partial charge >= 0.3 is 17.9 Å². The van der Waals surface area contributed by atoms with Crippen LogP contribution in [0.25, 0.3) is 33.4 Å². The van der Waals surface area contributed by atoms with Crippen LogP contribution < -0.4 is 36.8 Å². The molecule has 7 N–H and O–H groups in total. The highest BCUT2D eigenvalue weighted by Crippen LogP contribution is 2.42. The number of hydrogen-bond donors (Lipinski definition) is 5. The van der Waals surface area contributed by atoms with Crippen molar-refractivity contribution >= 4 is 146 Å². The number of carbonyl (C=O) groups is 4. The van der Waals surface area contributed by atoms with Crippen LogP contribution in [0.15, 0.2) is 137 Å². The second-order valence-corrected chi connectivity index (χ2v) is 31.7. The Balaban J connectivity index is 0.000000239. The zero-order chi connectivity index (χ0) is 77.1. The molecule has 0 radical (unpaired) electrons. The Bertz CT molecular complexity index is 4330. The van der Waals surface area contributed by atoms with Gasteiger partial charge in [0.25, 0.3) is 5.91 Å². The molecule has 108 heavy (non-hydrogen) atoms. The molecular weight excluding hydrogens is 1580 g/mol. The number of nitrogens with one attached hydrogen (secondary N) is 2. The van der Waals surface area contributed by atoms with Gasteiger partial charge in [-0.25, -0.2) is 14.4 Å². The maximum atomic E-state index is 12.4. The lowest BCUT2D eigenvalue weighted by molar-refractivity contribution is 0.0592. The van der Waals surface area contributed by atoms with Crippen molar-refractivity contribution in [2.24, 2.45) is 23.5 Å². The van der Waals surface area contributed by atoms with Crippen molar-refractivity contribution in [3.8, 4) is 33.4 Å². The van der Waals surface area contributed by atoms with Gasteiger partial charge in [-0.15, -0.1) is 0 Å². The number of esters is 2. The molecule has 0 spiro atoms. The molecule has 3 aliphatic rings. The average Bonchev–Trinajstić information content (AvgIpc) is 1.53. The number of nitrogen functional groups attached to an aromatic ring is 1. The first-order chi connectivity index (χ1) is 51.5.